The number of alkyl carbamates (subject to hydrolysis) is 1. The third-order valence-electron chi connectivity index (χ3n) is 6.52. The van der Waals surface area contributed by atoms with Gasteiger partial charge < -0.3 is 19.5 Å². The number of carbonyl (C=O) groups excluding carboxylic acids is 2. The highest BCUT2D eigenvalue weighted by atomic mass is 19.4. The molecule has 1 heterocycles. The first-order valence-electron chi connectivity index (χ1n) is 12.9. The zero-order valence-corrected chi connectivity index (χ0v) is 22.2. The van der Waals surface area contributed by atoms with Crippen LogP contribution in [0.15, 0.2) is 54.6 Å². The highest BCUT2D eigenvalue weighted by Crippen LogP contribution is 2.33. The average molecular weight is 536 g/mol. The van der Waals surface area contributed by atoms with Gasteiger partial charge in [0.05, 0.1) is 0 Å². The molecule has 2 aromatic rings. The fraction of sp³-hybridized carbons (Fsp3) is 0.517. The van der Waals surface area contributed by atoms with Crippen molar-refractivity contribution in [3.8, 4) is 5.75 Å². The Morgan fingerprint density at radius 3 is 2.21 bits per heavy atom. The Bertz CT molecular complexity index is 1050. The van der Waals surface area contributed by atoms with Crippen LogP contribution in [0.4, 0.5) is 18.0 Å². The summed E-state index contributed by atoms with van der Waals surface area (Å²) >= 11 is 0. The number of hydrogen-bond donors (Lipinski definition) is 1. The summed E-state index contributed by atoms with van der Waals surface area (Å²) in [5.41, 5.74) is 1.26. The van der Waals surface area contributed by atoms with E-state index in [-0.39, 0.29) is 17.6 Å². The number of rotatable bonds is 6. The number of benzene rings is 2. The molecule has 0 spiro atoms. The summed E-state index contributed by atoms with van der Waals surface area (Å²) < 4.78 is 52.9. The van der Waals surface area contributed by atoms with Crippen molar-refractivity contribution in [2.45, 2.75) is 83.9 Å². The molecule has 0 bridgehead atoms. The first-order valence-corrected chi connectivity index (χ1v) is 12.9. The second-order valence-electron chi connectivity index (χ2n) is 10.8. The van der Waals surface area contributed by atoms with E-state index in [9.17, 15) is 22.8 Å². The van der Waals surface area contributed by atoms with Gasteiger partial charge >= 0.3 is 18.4 Å². The van der Waals surface area contributed by atoms with E-state index in [1.54, 1.807) is 32.9 Å². The number of ether oxygens (including phenoxy) is 3. The summed E-state index contributed by atoms with van der Waals surface area (Å²) in [7, 11) is 0. The summed E-state index contributed by atoms with van der Waals surface area (Å²) in [5, 5.41) is 2.65. The molecule has 1 amide bonds. The van der Waals surface area contributed by atoms with Crippen LogP contribution in [0.25, 0.3) is 0 Å². The summed E-state index contributed by atoms with van der Waals surface area (Å²) in [6.45, 7) is 7.07. The Morgan fingerprint density at radius 1 is 0.974 bits per heavy atom. The Balaban J connectivity index is 1.80. The Morgan fingerprint density at radius 2 is 1.61 bits per heavy atom. The van der Waals surface area contributed by atoms with Gasteiger partial charge in [-0.25, -0.2) is 9.59 Å². The molecule has 1 N–H and O–H groups in total. The summed E-state index contributed by atoms with van der Waals surface area (Å²) in [6.07, 6.45) is -2.81. The van der Waals surface area contributed by atoms with Crippen molar-refractivity contribution in [2.75, 3.05) is 0 Å². The molecular formula is C29H36F3NO5. The SMILES string of the molecule is CC1OC(=O)C(NC(=O)OC(C)(C)C)CCCC(Cc2ccccc2)C1Cc1ccc(OC(F)(F)F)cc1. The van der Waals surface area contributed by atoms with Crippen molar-refractivity contribution in [3.63, 3.8) is 0 Å². The highest BCUT2D eigenvalue weighted by molar-refractivity contribution is 5.81. The summed E-state index contributed by atoms with van der Waals surface area (Å²) in [6, 6.07) is 15.0. The largest absolute Gasteiger partial charge is 0.573 e. The molecule has 0 aromatic heterocycles. The highest BCUT2D eigenvalue weighted by Gasteiger charge is 2.35. The van der Waals surface area contributed by atoms with Crippen molar-refractivity contribution in [1.29, 1.82) is 0 Å². The molecule has 1 fully saturated rings. The molecule has 4 unspecified atom stereocenters. The van der Waals surface area contributed by atoms with Crippen molar-refractivity contribution < 1.29 is 37.0 Å². The van der Waals surface area contributed by atoms with Crippen LogP contribution >= 0.6 is 0 Å². The van der Waals surface area contributed by atoms with Gasteiger partial charge in [0.2, 0.25) is 0 Å². The van der Waals surface area contributed by atoms with Crippen molar-refractivity contribution in [2.24, 2.45) is 11.8 Å². The normalized spacial score (nSPS) is 22.9. The number of cyclic esters (lactones) is 1. The number of carbonyl (C=O) groups is 2. The topological polar surface area (TPSA) is 73.9 Å². The molecule has 4 atom stereocenters. The van der Waals surface area contributed by atoms with E-state index in [4.69, 9.17) is 9.47 Å². The lowest BCUT2D eigenvalue weighted by molar-refractivity contribution is -0.274. The van der Waals surface area contributed by atoms with E-state index in [0.717, 1.165) is 24.0 Å². The first-order chi connectivity index (χ1) is 17.8. The Hall–Kier alpha value is -3.23. The number of hydrogen-bond acceptors (Lipinski definition) is 5. The van der Waals surface area contributed by atoms with E-state index >= 15 is 0 Å². The van der Waals surface area contributed by atoms with Gasteiger partial charge in [-0.2, -0.15) is 0 Å². The number of amides is 1. The fourth-order valence-corrected chi connectivity index (χ4v) is 4.84. The standard InChI is InChI=1S/C29H36F3NO5/c1-19-24(18-21-13-15-23(16-14-21)37-29(30,31)32)22(17-20-9-6-5-7-10-20)11-8-12-25(26(34)36-19)33-27(35)38-28(2,3)4/h5-7,9-10,13-16,19,22,24-25H,8,11-12,17-18H2,1-4H3,(H,33,35). The number of alkyl halides is 3. The quantitative estimate of drug-likeness (QED) is 0.421. The van der Waals surface area contributed by atoms with Gasteiger partial charge in [0.25, 0.3) is 0 Å². The molecule has 0 aliphatic carbocycles. The van der Waals surface area contributed by atoms with Crippen molar-refractivity contribution in [3.05, 3.63) is 65.7 Å². The molecular weight excluding hydrogens is 499 g/mol. The van der Waals surface area contributed by atoms with Gasteiger partial charge in [-0.15, -0.1) is 13.2 Å². The van der Waals surface area contributed by atoms with E-state index in [1.807, 2.05) is 25.1 Å². The molecule has 3 rings (SSSR count). The molecule has 1 aliphatic heterocycles. The molecule has 9 heteroatoms. The van der Waals surface area contributed by atoms with Gasteiger partial charge in [-0.3, -0.25) is 0 Å². The second kappa shape index (κ2) is 12.5. The molecule has 38 heavy (non-hydrogen) atoms. The summed E-state index contributed by atoms with van der Waals surface area (Å²) in [4.78, 5) is 25.4. The predicted octanol–water partition coefficient (Wildman–Crippen LogP) is 6.61. The summed E-state index contributed by atoms with van der Waals surface area (Å²) in [5.74, 6) is -0.782. The third kappa shape index (κ3) is 9.58. The maximum Gasteiger partial charge on any atom is 0.573 e. The number of halogens is 3. The lowest BCUT2D eigenvalue weighted by Gasteiger charge is -2.31. The van der Waals surface area contributed by atoms with Gasteiger partial charge in [-0.05, 0) is 82.6 Å². The zero-order valence-electron chi connectivity index (χ0n) is 22.2. The van der Waals surface area contributed by atoms with Crippen LogP contribution in [0, 0.1) is 11.8 Å². The van der Waals surface area contributed by atoms with Crippen LogP contribution in [0.1, 0.15) is 58.1 Å². The molecule has 208 valence electrons. The minimum Gasteiger partial charge on any atom is -0.461 e. The fourth-order valence-electron chi connectivity index (χ4n) is 4.84. The van der Waals surface area contributed by atoms with E-state index in [0.29, 0.717) is 19.3 Å². The lowest BCUT2D eigenvalue weighted by Crippen LogP contribution is -2.45. The number of esters is 1. The third-order valence-corrected chi connectivity index (χ3v) is 6.52. The molecule has 0 saturated carbocycles. The van der Waals surface area contributed by atoms with Gasteiger partial charge in [0, 0.05) is 5.92 Å². The first kappa shape index (κ1) is 29.3. The average Bonchev–Trinajstić information content (AvgIpc) is 2.84. The molecule has 1 aliphatic rings. The van der Waals surface area contributed by atoms with Crippen LogP contribution < -0.4 is 10.1 Å². The minimum absolute atomic E-state index is 0.103. The van der Waals surface area contributed by atoms with E-state index in [1.165, 1.54) is 12.1 Å². The Labute approximate surface area is 221 Å². The van der Waals surface area contributed by atoms with Crippen LogP contribution in [0.3, 0.4) is 0 Å². The monoisotopic (exact) mass is 535 g/mol. The number of nitrogens with one attached hydrogen (secondary N) is 1. The van der Waals surface area contributed by atoms with Crippen molar-refractivity contribution >= 4 is 12.1 Å². The van der Waals surface area contributed by atoms with E-state index in [2.05, 4.69) is 22.2 Å². The predicted molar refractivity (Wildman–Crippen MR) is 137 cm³/mol. The smallest absolute Gasteiger partial charge is 0.461 e. The molecule has 1 saturated heterocycles. The van der Waals surface area contributed by atoms with Crippen LogP contribution in [-0.2, 0) is 27.1 Å². The zero-order chi connectivity index (χ0) is 27.9. The van der Waals surface area contributed by atoms with Crippen molar-refractivity contribution in [1.82, 2.24) is 5.32 Å². The van der Waals surface area contributed by atoms with E-state index < -0.39 is 36.2 Å². The molecule has 2 aromatic carbocycles. The minimum atomic E-state index is -4.76. The van der Waals surface area contributed by atoms with Crippen LogP contribution in [0.5, 0.6) is 5.75 Å². The second-order valence-corrected chi connectivity index (χ2v) is 10.8. The molecule has 6 nitrogen and oxygen atoms in total. The lowest BCUT2D eigenvalue weighted by atomic mass is 9.77. The van der Waals surface area contributed by atoms with Gasteiger partial charge in [0.15, 0.2) is 0 Å². The van der Waals surface area contributed by atoms with Crippen LogP contribution in [0.2, 0.25) is 0 Å². The molecule has 0 radical (unpaired) electrons. The van der Waals surface area contributed by atoms with Crippen LogP contribution in [-0.4, -0.2) is 36.2 Å². The maximum absolute atomic E-state index is 13.1. The maximum atomic E-state index is 13.1. The van der Waals surface area contributed by atoms with Gasteiger partial charge in [0.1, 0.15) is 23.5 Å². The Kier molecular flexibility index (Phi) is 9.68. The van der Waals surface area contributed by atoms with Gasteiger partial charge in [-0.1, -0.05) is 48.9 Å².